The van der Waals surface area contributed by atoms with Gasteiger partial charge in [-0.2, -0.15) is 11.8 Å². The zero-order chi connectivity index (χ0) is 25.7. The Kier molecular flexibility index (Phi) is 19.2. The van der Waals surface area contributed by atoms with Crippen LogP contribution in [0.15, 0.2) is 0 Å². The molecule has 0 bridgehead atoms. The van der Waals surface area contributed by atoms with E-state index in [0.717, 1.165) is 0 Å². The second-order valence-corrected chi connectivity index (χ2v) is 9.29. The molecule has 0 aromatic rings. The zero-order valence-corrected chi connectivity index (χ0v) is 20.4. The van der Waals surface area contributed by atoms with Crippen molar-refractivity contribution in [1.82, 2.24) is 10.6 Å². The Bertz CT molecular complexity index is 709. The normalized spacial score (nSPS) is 12.6. The van der Waals surface area contributed by atoms with Crippen molar-refractivity contribution in [2.45, 2.75) is 12.1 Å². The lowest BCUT2D eigenvalue weighted by Gasteiger charge is -2.17. The number of carbonyl (C=O) groups excluding carboxylic acids is 2. The van der Waals surface area contributed by atoms with Crippen molar-refractivity contribution in [3.63, 3.8) is 0 Å². The highest BCUT2D eigenvalue weighted by Gasteiger charge is 2.17. The molecule has 0 unspecified atom stereocenters. The van der Waals surface area contributed by atoms with Gasteiger partial charge >= 0.3 is 13.7 Å². The number of hydrogen-bond acceptors (Lipinski definition) is 10. The molecule has 0 saturated heterocycles. The summed E-state index contributed by atoms with van der Waals surface area (Å²) in [6, 6.07) is -1.26. The van der Waals surface area contributed by atoms with E-state index in [4.69, 9.17) is 47.3 Å². The van der Waals surface area contributed by atoms with Gasteiger partial charge in [-0.1, -0.05) is 12.8 Å². The van der Waals surface area contributed by atoms with E-state index in [-0.39, 0.29) is 57.4 Å². The average molecular weight is 526 g/mol. The molecule has 194 valence electrons. The molecule has 34 heavy (non-hydrogen) atoms. The van der Waals surface area contributed by atoms with Crippen molar-refractivity contribution in [2.75, 3.05) is 70.5 Å². The molecule has 0 aromatic heterocycles. The van der Waals surface area contributed by atoms with Crippen LogP contribution in [0, 0.1) is 25.1 Å². The minimum Gasteiger partial charge on any atom is -0.445 e. The number of rotatable bonds is 20. The minimum atomic E-state index is -4.04. The van der Waals surface area contributed by atoms with Crippen molar-refractivity contribution in [1.29, 1.82) is 0 Å². The molecule has 6 N–H and O–H groups in total. The molecular formula is C19H32N3O10PS. The molecule has 2 atom stereocenters. The Morgan fingerprint density at radius 2 is 1.62 bits per heavy atom. The van der Waals surface area contributed by atoms with Crippen LogP contribution in [0.5, 0.6) is 0 Å². The summed E-state index contributed by atoms with van der Waals surface area (Å²) in [5.41, 5.74) is 5.86. The molecule has 0 aliphatic rings. The summed E-state index contributed by atoms with van der Waals surface area (Å²) < 4.78 is 35.4. The molecule has 15 heteroatoms. The first-order valence-electron chi connectivity index (χ1n) is 10.1. The van der Waals surface area contributed by atoms with E-state index in [1.165, 1.54) is 11.8 Å². The monoisotopic (exact) mass is 525 g/mol. The van der Waals surface area contributed by atoms with E-state index in [0.29, 0.717) is 19.0 Å². The second-order valence-electron chi connectivity index (χ2n) is 6.44. The Labute approximate surface area is 203 Å². The number of nitrogens with two attached hydrogens (primary N) is 1. The first-order chi connectivity index (χ1) is 16.2. The van der Waals surface area contributed by atoms with Gasteiger partial charge in [-0.3, -0.25) is 9.36 Å². The molecule has 0 rings (SSSR count). The predicted molar refractivity (Wildman–Crippen MR) is 125 cm³/mol. The topological polar surface area (TPSA) is 188 Å². The summed E-state index contributed by atoms with van der Waals surface area (Å²) >= 11 is 1.32. The Hall–Kier alpha value is -2.00. The van der Waals surface area contributed by atoms with Gasteiger partial charge in [0.1, 0.15) is 18.8 Å². The van der Waals surface area contributed by atoms with Crippen LogP contribution in [-0.2, 0) is 33.0 Å². The van der Waals surface area contributed by atoms with Gasteiger partial charge in [-0.05, 0) is 0 Å². The number of nitrogens with one attached hydrogen (secondary N) is 2. The predicted octanol–water partition coefficient (Wildman–Crippen LogP) is -1.32. The van der Waals surface area contributed by atoms with E-state index in [1.807, 2.05) is 6.11 Å². The number of amides is 2. The van der Waals surface area contributed by atoms with Gasteiger partial charge < -0.3 is 49.8 Å². The molecule has 13 nitrogen and oxygen atoms in total. The van der Waals surface area contributed by atoms with Gasteiger partial charge in [0.2, 0.25) is 5.91 Å². The largest absolute Gasteiger partial charge is 0.445 e. The van der Waals surface area contributed by atoms with Gasteiger partial charge in [-0.15, -0.1) is 0 Å². The van der Waals surface area contributed by atoms with Gasteiger partial charge in [0.25, 0.3) is 0 Å². The van der Waals surface area contributed by atoms with Crippen LogP contribution in [0.3, 0.4) is 0 Å². The fourth-order valence-corrected chi connectivity index (χ4v) is 3.42. The molecule has 0 saturated carbocycles. The lowest BCUT2D eigenvalue weighted by atomic mass is 10.3. The molecule has 0 heterocycles. The number of ether oxygens (including phenoxy) is 5. The number of thioether (sulfide) groups is 1. The quantitative estimate of drug-likeness (QED) is 0.0718. The fraction of sp³-hybridized carbons (Fsp3) is 0.684. The zero-order valence-electron chi connectivity index (χ0n) is 18.7. The van der Waals surface area contributed by atoms with E-state index < -0.39 is 25.8 Å². The molecule has 0 aliphatic carbocycles. The van der Waals surface area contributed by atoms with Crippen LogP contribution >= 0.6 is 19.4 Å². The highest BCUT2D eigenvalue weighted by atomic mass is 32.2. The highest BCUT2D eigenvalue weighted by Crippen LogP contribution is 2.33. The number of alkyl carbamates (subject to hydrolysis) is 1. The lowest BCUT2D eigenvalue weighted by molar-refractivity contribution is -0.122. The van der Waals surface area contributed by atoms with E-state index in [9.17, 15) is 14.2 Å². The van der Waals surface area contributed by atoms with E-state index in [2.05, 4.69) is 15.4 Å². The Balaban J connectivity index is 3.77. The maximum atomic E-state index is 12.0. The van der Waals surface area contributed by atoms with E-state index in [1.54, 1.807) is 6.11 Å². The van der Waals surface area contributed by atoms with Gasteiger partial charge in [0.05, 0.1) is 57.9 Å². The third kappa shape index (κ3) is 20.6. The third-order valence-corrected chi connectivity index (χ3v) is 5.61. The standard InChI is InChI=1S/C19H32N3O10PS/c1-3-28-13-16(22-19(24)32-4-2)14-34-15-17(20)18(23)21-5-6-29-7-8-30-9-10-31-11-12-33(25,26)27/h1-2,16-17H,5-15,20H2,(H,21,23)(H,22,24)(H2,25,26,27)/t16-,17+/m1/s1. The highest BCUT2D eigenvalue weighted by molar-refractivity contribution is 7.99. The second kappa shape index (κ2) is 20.4. The SMILES string of the molecule is C#COC[C@H](CSC[C@H](N)C(=O)NCCOCCOCCOCCP(=O)(O)O)NC(=O)OC#C. The Morgan fingerprint density at radius 1 is 1.00 bits per heavy atom. The van der Waals surface area contributed by atoms with E-state index >= 15 is 0 Å². The summed E-state index contributed by atoms with van der Waals surface area (Å²) in [6.07, 6.45) is 12.5. The fourth-order valence-electron chi connectivity index (χ4n) is 2.05. The lowest BCUT2D eigenvalue weighted by Crippen LogP contribution is -2.44. The summed E-state index contributed by atoms with van der Waals surface area (Å²) in [7, 11) is -4.04. The van der Waals surface area contributed by atoms with Gasteiger partial charge in [-0.25, -0.2) is 4.79 Å². The molecule has 0 fully saturated rings. The average Bonchev–Trinajstić information content (AvgIpc) is 2.77. The van der Waals surface area contributed by atoms with Crippen LogP contribution in [0.25, 0.3) is 0 Å². The molecular weight excluding hydrogens is 493 g/mol. The summed E-state index contributed by atoms with van der Waals surface area (Å²) in [5, 5.41) is 5.14. The summed E-state index contributed by atoms with van der Waals surface area (Å²) in [6.45, 7) is 1.62. The Morgan fingerprint density at radius 3 is 2.21 bits per heavy atom. The van der Waals surface area contributed by atoms with Crippen LogP contribution in [0.4, 0.5) is 4.79 Å². The molecule has 2 amide bonds. The summed E-state index contributed by atoms with van der Waals surface area (Å²) in [4.78, 5) is 40.8. The molecule has 0 radical (unpaired) electrons. The van der Waals surface area contributed by atoms with Crippen LogP contribution in [0.1, 0.15) is 0 Å². The third-order valence-electron chi connectivity index (χ3n) is 3.61. The first kappa shape index (κ1) is 32.0. The van der Waals surface area contributed by atoms with Crippen molar-refractivity contribution in [3.8, 4) is 25.1 Å². The van der Waals surface area contributed by atoms with Crippen LogP contribution in [-0.4, -0.2) is 104 Å². The first-order valence-corrected chi connectivity index (χ1v) is 13.0. The number of terminal acetylenes is 2. The minimum absolute atomic E-state index is 0.0370. The van der Waals surface area contributed by atoms with Crippen molar-refractivity contribution in [2.24, 2.45) is 5.73 Å². The molecule has 0 aromatic carbocycles. The van der Waals surface area contributed by atoms with Crippen molar-refractivity contribution >= 4 is 31.4 Å². The molecule has 0 spiro atoms. The van der Waals surface area contributed by atoms with Crippen LogP contribution < -0.4 is 16.4 Å². The van der Waals surface area contributed by atoms with Gasteiger partial charge in [0.15, 0.2) is 0 Å². The molecule has 0 aliphatic heterocycles. The maximum absolute atomic E-state index is 12.0. The van der Waals surface area contributed by atoms with Crippen molar-refractivity contribution in [3.05, 3.63) is 0 Å². The van der Waals surface area contributed by atoms with Gasteiger partial charge in [0, 0.05) is 18.1 Å². The smallest absolute Gasteiger partial charge is 0.421 e. The summed E-state index contributed by atoms with van der Waals surface area (Å²) in [5.74, 6) is 0.297. The number of carbonyl (C=O) groups is 2. The van der Waals surface area contributed by atoms with Crippen molar-refractivity contribution < 1.29 is 47.6 Å². The maximum Gasteiger partial charge on any atom is 0.421 e. The number of hydrogen-bond donors (Lipinski definition) is 5. The van der Waals surface area contributed by atoms with Crippen LogP contribution in [0.2, 0.25) is 0 Å².